The SMILES string of the molecule is CC(C)CC(C(=O)O)C(C(=O)O)C(=O)C(C)C. The molecular weight excluding hydrogens is 224 g/mol. The number of carbonyl (C=O) groups excluding carboxylic acids is 1. The lowest BCUT2D eigenvalue weighted by Gasteiger charge is -2.22. The van der Waals surface area contributed by atoms with Crippen LogP contribution in [-0.2, 0) is 14.4 Å². The maximum Gasteiger partial charge on any atom is 0.314 e. The van der Waals surface area contributed by atoms with Crippen molar-refractivity contribution >= 4 is 17.7 Å². The molecule has 0 aromatic rings. The zero-order valence-electron chi connectivity index (χ0n) is 10.6. The Hall–Kier alpha value is -1.39. The second kappa shape index (κ2) is 6.37. The lowest BCUT2D eigenvalue weighted by Crippen LogP contribution is -2.38. The molecule has 0 saturated heterocycles. The van der Waals surface area contributed by atoms with Crippen molar-refractivity contribution in [1.29, 1.82) is 0 Å². The Labute approximate surface area is 101 Å². The van der Waals surface area contributed by atoms with Crippen LogP contribution in [0.5, 0.6) is 0 Å². The maximum atomic E-state index is 11.8. The molecule has 0 spiro atoms. The summed E-state index contributed by atoms with van der Waals surface area (Å²) >= 11 is 0. The number of carboxylic acid groups (broad SMARTS) is 2. The molecule has 2 atom stereocenters. The van der Waals surface area contributed by atoms with E-state index in [1.807, 2.05) is 0 Å². The minimum atomic E-state index is -1.45. The van der Waals surface area contributed by atoms with Crippen molar-refractivity contribution in [2.45, 2.75) is 34.1 Å². The minimum absolute atomic E-state index is 0.0258. The van der Waals surface area contributed by atoms with Crippen LogP contribution in [0.15, 0.2) is 0 Å². The Morgan fingerprint density at radius 2 is 1.41 bits per heavy atom. The standard InChI is InChI=1S/C12H20O5/c1-6(2)5-8(11(14)15)9(12(16)17)10(13)7(3)4/h6-9H,5H2,1-4H3,(H,14,15)(H,16,17). The second-order valence-electron chi connectivity index (χ2n) is 4.95. The largest absolute Gasteiger partial charge is 0.481 e. The Morgan fingerprint density at radius 1 is 0.941 bits per heavy atom. The van der Waals surface area contributed by atoms with Crippen molar-refractivity contribution in [3.8, 4) is 0 Å². The molecule has 17 heavy (non-hydrogen) atoms. The molecule has 0 amide bonds. The van der Waals surface area contributed by atoms with Crippen LogP contribution in [0.25, 0.3) is 0 Å². The molecule has 0 heterocycles. The van der Waals surface area contributed by atoms with Crippen molar-refractivity contribution in [1.82, 2.24) is 0 Å². The van der Waals surface area contributed by atoms with E-state index in [-0.39, 0.29) is 12.3 Å². The van der Waals surface area contributed by atoms with E-state index in [1.165, 1.54) is 0 Å². The van der Waals surface area contributed by atoms with Gasteiger partial charge in [-0.1, -0.05) is 27.7 Å². The van der Waals surface area contributed by atoms with E-state index in [0.717, 1.165) is 0 Å². The quantitative estimate of drug-likeness (QED) is 0.664. The average molecular weight is 244 g/mol. The first kappa shape index (κ1) is 15.6. The predicted molar refractivity (Wildman–Crippen MR) is 61.6 cm³/mol. The van der Waals surface area contributed by atoms with Crippen LogP contribution in [0.2, 0.25) is 0 Å². The fraction of sp³-hybridized carbons (Fsp3) is 0.750. The number of carbonyl (C=O) groups is 3. The van der Waals surface area contributed by atoms with Gasteiger partial charge >= 0.3 is 11.9 Å². The van der Waals surface area contributed by atoms with E-state index in [9.17, 15) is 14.4 Å². The summed E-state index contributed by atoms with van der Waals surface area (Å²) in [6.45, 7) is 6.75. The Kier molecular flexibility index (Phi) is 5.85. The molecule has 0 aliphatic rings. The molecule has 5 nitrogen and oxygen atoms in total. The highest BCUT2D eigenvalue weighted by molar-refractivity contribution is 6.02. The molecule has 0 fully saturated rings. The average Bonchev–Trinajstić information content (AvgIpc) is 2.14. The first-order valence-corrected chi connectivity index (χ1v) is 5.67. The summed E-state index contributed by atoms with van der Waals surface area (Å²) in [7, 11) is 0. The van der Waals surface area contributed by atoms with E-state index in [1.54, 1.807) is 27.7 Å². The highest BCUT2D eigenvalue weighted by Crippen LogP contribution is 2.24. The normalized spacial score (nSPS) is 14.7. The van der Waals surface area contributed by atoms with Crippen molar-refractivity contribution < 1.29 is 24.6 Å². The molecule has 0 bridgehead atoms. The van der Waals surface area contributed by atoms with E-state index in [2.05, 4.69) is 0 Å². The van der Waals surface area contributed by atoms with Gasteiger partial charge in [0.25, 0.3) is 0 Å². The number of ketones is 1. The Bertz CT molecular complexity index is 306. The zero-order chi connectivity index (χ0) is 13.7. The van der Waals surface area contributed by atoms with Gasteiger partial charge in [0.05, 0.1) is 5.92 Å². The van der Waals surface area contributed by atoms with Crippen LogP contribution in [0.3, 0.4) is 0 Å². The van der Waals surface area contributed by atoms with E-state index >= 15 is 0 Å². The number of Topliss-reactive ketones (excluding diaryl/α,β-unsaturated/α-hetero) is 1. The molecule has 5 heteroatoms. The van der Waals surface area contributed by atoms with Gasteiger partial charge in [0, 0.05) is 5.92 Å². The maximum absolute atomic E-state index is 11.8. The summed E-state index contributed by atoms with van der Waals surface area (Å²) in [5, 5.41) is 18.1. The van der Waals surface area contributed by atoms with E-state index in [0.29, 0.717) is 0 Å². The monoisotopic (exact) mass is 244 g/mol. The third-order valence-electron chi connectivity index (χ3n) is 2.59. The summed E-state index contributed by atoms with van der Waals surface area (Å²) in [6, 6.07) is 0. The number of carboxylic acids is 2. The van der Waals surface area contributed by atoms with Gasteiger partial charge in [-0.2, -0.15) is 0 Å². The van der Waals surface area contributed by atoms with Gasteiger partial charge in [0.1, 0.15) is 11.7 Å². The van der Waals surface area contributed by atoms with Crippen molar-refractivity contribution in [3.63, 3.8) is 0 Å². The molecule has 0 aliphatic carbocycles. The fourth-order valence-electron chi connectivity index (χ4n) is 1.74. The molecule has 0 aliphatic heterocycles. The van der Waals surface area contributed by atoms with Crippen molar-refractivity contribution in [2.24, 2.45) is 23.7 Å². The molecule has 0 rings (SSSR count). The van der Waals surface area contributed by atoms with Crippen LogP contribution in [-0.4, -0.2) is 27.9 Å². The zero-order valence-corrected chi connectivity index (χ0v) is 10.6. The lowest BCUT2D eigenvalue weighted by molar-refractivity contribution is -0.159. The van der Waals surface area contributed by atoms with Gasteiger partial charge in [-0.05, 0) is 12.3 Å². The van der Waals surface area contributed by atoms with Gasteiger partial charge in [-0.3, -0.25) is 14.4 Å². The van der Waals surface area contributed by atoms with E-state index < -0.39 is 35.5 Å². The molecular formula is C12H20O5. The molecule has 0 aromatic heterocycles. The summed E-state index contributed by atoms with van der Waals surface area (Å²) in [5.41, 5.74) is 0. The van der Waals surface area contributed by atoms with Crippen molar-refractivity contribution in [3.05, 3.63) is 0 Å². The topological polar surface area (TPSA) is 91.7 Å². The first-order valence-electron chi connectivity index (χ1n) is 5.67. The van der Waals surface area contributed by atoms with Crippen LogP contribution in [0.1, 0.15) is 34.1 Å². The molecule has 0 aromatic carbocycles. The van der Waals surface area contributed by atoms with Gasteiger partial charge < -0.3 is 10.2 Å². The Balaban J connectivity index is 5.17. The molecule has 2 unspecified atom stereocenters. The van der Waals surface area contributed by atoms with Gasteiger partial charge in [-0.25, -0.2) is 0 Å². The second-order valence-corrected chi connectivity index (χ2v) is 4.95. The van der Waals surface area contributed by atoms with Crippen LogP contribution < -0.4 is 0 Å². The number of hydrogen-bond acceptors (Lipinski definition) is 3. The third kappa shape index (κ3) is 4.54. The summed E-state index contributed by atoms with van der Waals surface area (Å²) in [6.07, 6.45) is 0.185. The van der Waals surface area contributed by atoms with Gasteiger partial charge in [0.2, 0.25) is 0 Å². The first-order chi connectivity index (χ1) is 7.68. The molecule has 0 radical (unpaired) electrons. The highest BCUT2D eigenvalue weighted by atomic mass is 16.4. The van der Waals surface area contributed by atoms with Crippen LogP contribution in [0.4, 0.5) is 0 Å². The van der Waals surface area contributed by atoms with Crippen LogP contribution >= 0.6 is 0 Å². The Morgan fingerprint density at radius 3 is 1.65 bits per heavy atom. The summed E-state index contributed by atoms with van der Waals surface area (Å²) in [4.78, 5) is 33.9. The predicted octanol–water partition coefficient (Wildman–Crippen LogP) is 1.66. The number of aliphatic carboxylic acids is 2. The summed E-state index contributed by atoms with van der Waals surface area (Å²) in [5.74, 6) is -6.15. The smallest absolute Gasteiger partial charge is 0.314 e. The molecule has 2 N–H and O–H groups in total. The fourth-order valence-corrected chi connectivity index (χ4v) is 1.74. The van der Waals surface area contributed by atoms with Crippen molar-refractivity contribution in [2.75, 3.05) is 0 Å². The van der Waals surface area contributed by atoms with E-state index in [4.69, 9.17) is 10.2 Å². The highest BCUT2D eigenvalue weighted by Gasteiger charge is 2.40. The number of rotatable bonds is 7. The van der Waals surface area contributed by atoms with Crippen LogP contribution in [0, 0.1) is 23.7 Å². The minimum Gasteiger partial charge on any atom is -0.481 e. The van der Waals surface area contributed by atoms with Gasteiger partial charge in [-0.15, -0.1) is 0 Å². The molecule has 0 saturated carbocycles. The molecule has 98 valence electrons. The van der Waals surface area contributed by atoms with Gasteiger partial charge in [0.15, 0.2) is 0 Å². The number of hydrogen-bond donors (Lipinski definition) is 2. The lowest BCUT2D eigenvalue weighted by atomic mass is 9.80. The third-order valence-corrected chi connectivity index (χ3v) is 2.59. The summed E-state index contributed by atoms with van der Waals surface area (Å²) < 4.78 is 0.